The Hall–Kier alpha value is -1.75. The molecule has 0 aliphatic carbocycles. The largest absolute Gasteiger partial charge is 0.464 e. The standard InChI is InChI=1S/C14H18O5/c1-4-17-14(16)12(15)9-5-6-10-13(19-7-18-10)11(9)8(2)3/h5-6,8,12,15H,4,7H2,1-3H3. The van der Waals surface area contributed by atoms with Crippen molar-refractivity contribution in [3.63, 3.8) is 0 Å². The van der Waals surface area contributed by atoms with Gasteiger partial charge in [0.15, 0.2) is 17.6 Å². The highest BCUT2D eigenvalue weighted by Gasteiger charge is 2.29. The fourth-order valence-electron chi connectivity index (χ4n) is 2.19. The molecule has 0 amide bonds. The SMILES string of the molecule is CCOC(=O)C(O)c1ccc2c(c1C(C)C)OCO2. The summed E-state index contributed by atoms with van der Waals surface area (Å²) in [6, 6.07) is 3.39. The molecule has 0 radical (unpaired) electrons. The summed E-state index contributed by atoms with van der Waals surface area (Å²) in [4.78, 5) is 11.7. The predicted molar refractivity (Wildman–Crippen MR) is 68.2 cm³/mol. The van der Waals surface area contributed by atoms with E-state index in [4.69, 9.17) is 14.2 Å². The van der Waals surface area contributed by atoms with Crippen LogP contribution in [0, 0.1) is 0 Å². The van der Waals surface area contributed by atoms with E-state index >= 15 is 0 Å². The lowest BCUT2D eigenvalue weighted by atomic mass is 9.92. The minimum absolute atomic E-state index is 0.0933. The summed E-state index contributed by atoms with van der Waals surface area (Å²) in [6.45, 7) is 6.04. The molecule has 1 N–H and O–H groups in total. The van der Waals surface area contributed by atoms with Crippen LogP contribution in [-0.2, 0) is 9.53 Å². The quantitative estimate of drug-likeness (QED) is 0.846. The van der Waals surface area contributed by atoms with E-state index < -0.39 is 12.1 Å². The van der Waals surface area contributed by atoms with Gasteiger partial charge in [-0.15, -0.1) is 0 Å². The van der Waals surface area contributed by atoms with E-state index in [-0.39, 0.29) is 19.3 Å². The number of rotatable bonds is 4. The summed E-state index contributed by atoms with van der Waals surface area (Å²) in [5, 5.41) is 10.1. The molecule has 0 fully saturated rings. The lowest BCUT2D eigenvalue weighted by Gasteiger charge is -2.18. The average Bonchev–Trinajstić information content (AvgIpc) is 2.84. The second-order valence-electron chi connectivity index (χ2n) is 4.61. The number of aliphatic hydroxyl groups excluding tert-OH is 1. The molecular weight excluding hydrogens is 248 g/mol. The Morgan fingerprint density at radius 3 is 2.79 bits per heavy atom. The first-order valence-corrected chi connectivity index (χ1v) is 6.33. The summed E-state index contributed by atoms with van der Waals surface area (Å²) in [5.74, 6) is 0.693. The van der Waals surface area contributed by atoms with Gasteiger partial charge in [-0.2, -0.15) is 0 Å². The maximum atomic E-state index is 11.7. The van der Waals surface area contributed by atoms with Crippen molar-refractivity contribution in [1.29, 1.82) is 0 Å². The number of benzene rings is 1. The third kappa shape index (κ3) is 2.51. The maximum Gasteiger partial charge on any atom is 0.339 e. The van der Waals surface area contributed by atoms with Gasteiger partial charge in [0.25, 0.3) is 0 Å². The molecule has 19 heavy (non-hydrogen) atoms. The van der Waals surface area contributed by atoms with Gasteiger partial charge < -0.3 is 19.3 Å². The molecule has 1 unspecified atom stereocenters. The van der Waals surface area contributed by atoms with Gasteiger partial charge in [0, 0.05) is 5.56 Å². The number of esters is 1. The molecule has 1 aromatic rings. The smallest absolute Gasteiger partial charge is 0.339 e. The van der Waals surface area contributed by atoms with Crippen LogP contribution in [-0.4, -0.2) is 24.5 Å². The zero-order chi connectivity index (χ0) is 14.0. The van der Waals surface area contributed by atoms with E-state index in [2.05, 4.69) is 0 Å². The summed E-state index contributed by atoms with van der Waals surface area (Å²) < 4.78 is 15.6. The number of hydrogen-bond acceptors (Lipinski definition) is 5. The van der Waals surface area contributed by atoms with Crippen LogP contribution in [0.3, 0.4) is 0 Å². The molecule has 1 heterocycles. The molecule has 1 atom stereocenters. The molecule has 5 nitrogen and oxygen atoms in total. The van der Waals surface area contributed by atoms with Crippen LogP contribution < -0.4 is 9.47 Å². The van der Waals surface area contributed by atoms with Gasteiger partial charge in [0.2, 0.25) is 6.79 Å². The minimum atomic E-state index is -1.30. The lowest BCUT2D eigenvalue weighted by Crippen LogP contribution is -2.17. The second kappa shape index (κ2) is 5.48. The van der Waals surface area contributed by atoms with Crippen molar-refractivity contribution in [2.24, 2.45) is 0 Å². The zero-order valence-electron chi connectivity index (χ0n) is 11.3. The van der Waals surface area contributed by atoms with Crippen LogP contribution in [0.25, 0.3) is 0 Å². The fraction of sp³-hybridized carbons (Fsp3) is 0.500. The number of hydrogen-bond donors (Lipinski definition) is 1. The van der Waals surface area contributed by atoms with Gasteiger partial charge in [0.1, 0.15) is 0 Å². The van der Waals surface area contributed by atoms with E-state index in [0.717, 1.165) is 5.56 Å². The van der Waals surface area contributed by atoms with Crippen molar-refractivity contribution < 1.29 is 24.1 Å². The Balaban J connectivity index is 2.43. The van der Waals surface area contributed by atoms with Crippen LogP contribution in [0.2, 0.25) is 0 Å². The van der Waals surface area contributed by atoms with Gasteiger partial charge >= 0.3 is 5.97 Å². The Kier molecular flexibility index (Phi) is 3.95. The van der Waals surface area contributed by atoms with E-state index in [0.29, 0.717) is 17.1 Å². The molecule has 0 spiro atoms. The zero-order valence-corrected chi connectivity index (χ0v) is 11.3. The molecule has 0 saturated carbocycles. The fourth-order valence-corrected chi connectivity index (χ4v) is 2.19. The molecule has 1 aromatic carbocycles. The van der Waals surface area contributed by atoms with Gasteiger partial charge in [-0.1, -0.05) is 19.9 Å². The minimum Gasteiger partial charge on any atom is -0.464 e. The molecule has 0 bridgehead atoms. The topological polar surface area (TPSA) is 65.0 Å². The third-order valence-electron chi connectivity index (χ3n) is 2.99. The normalized spacial score (nSPS) is 14.6. The first-order chi connectivity index (χ1) is 9.06. The number of ether oxygens (including phenoxy) is 3. The van der Waals surface area contributed by atoms with Crippen LogP contribution in [0.1, 0.15) is 43.9 Å². The molecule has 0 aromatic heterocycles. The van der Waals surface area contributed by atoms with Gasteiger partial charge in [0.05, 0.1) is 6.61 Å². The highest BCUT2D eigenvalue weighted by Crippen LogP contribution is 2.43. The summed E-state index contributed by atoms with van der Waals surface area (Å²) in [6.07, 6.45) is -1.30. The Morgan fingerprint density at radius 1 is 1.42 bits per heavy atom. The van der Waals surface area contributed by atoms with E-state index in [1.54, 1.807) is 19.1 Å². The predicted octanol–water partition coefficient (Wildman–Crippen LogP) is 2.14. The Labute approximate surface area is 112 Å². The van der Waals surface area contributed by atoms with E-state index in [1.807, 2.05) is 13.8 Å². The van der Waals surface area contributed by atoms with Crippen LogP contribution in [0.4, 0.5) is 0 Å². The van der Waals surface area contributed by atoms with Crippen molar-refractivity contribution >= 4 is 5.97 Å². The van der Waals surface area contributed by atoms with Crippen LogP contribution in [0.5, 0.6) is 11.5 Å². The first kappa shape index (κ1) is 13.7. The highest BCUT2D eigenvalue weighted by atomic mass is 16.7. The van der Waals surface area contributed by atoms with E-state index in [1.165, 1.54) is 0 Å². The first-order valence-electron chi connectivity index (χ1n) is 6.33. The molecular formula is C14H18O5. The van der Waals surface area contributed by atoms with E-state index in [9.17, 15) is 9.90 Å². The average molecular weight is 266 g/mol. The summed E-state index contributed by atoms with van der Waals surface area (Å²) in [5.41, 5.74) is 1.30. The van der Waals surface area contributed by atoms with Crippen molar-refractivity contribution in [1.82, 2.24) is 0 Å². The molecule has 1 aliphatic heterocycles. The van der Waals surface area contributed by atoms with Crippen LogP contribution in [0.15, 0.2) is 12.1 Å². The van der Waals surface area contributed by atoms with Crippen molar-refractivity contribution in [3.05, 3.63) is 23.3 Å². The number of fused-ring (bicyclic) bond motifs is 1. The summed E-state index contributed by atoms with van der Waals surface area (Å²) >= 11 is 0. The lowest BCUT2D eigenvalue weighted by molar-refractivity contribution is -0.153. The Bertz CT molecular complexity index is 481. The van der Waals surface area contributed by atoms with Crippen molar-refractivity contribution in [3.8, 4) is 11.5 Å². The van der Waals surface area contributed by atoms with Gasteiger partial charge in [-0.3, -0.25) is 0 Å². The summed E-state index contributed by atoms with van der Waals surface area (Å²) in [7, 11) is 0. The molecule has 104 valence electrons. The molecule has 5 heteroatoms. The number of carbonyl (C=O) groups excluding carboxylic acids is 1. The molecule has 1 aliphatic rings. The third-order valence-corrected chi connectivity index (χ3v) is 2.99. The van der Waals surface area contributed by atoms with Gasteiger partial charge in [-0.25, -0.2) is 4.79 Å². The second-order valence-corrected chi connectivity index (χ2v) is 4.61. The Morgan fingerprint density at radius 2 is 2.16 bits per heavy atom. The van der Waals surface area contributed by atoms with Crippen molar-refractivity contribution in [2.75, 3.05) is 13.4 Å². The van der Waals surface area contributed by atoms with Crippen LogP contribution >= 0.6 is 0 Å². The molecule has 0 saturated heterocycles. The highest BCUT2D eigenvalue weighted by molar-refractivity contribution is 5.77. The number of carbonyl (C=O) groups is 1. The van der Waals surface area contributed by atoms with Crippen molar-refractivity contribution in [2.45, 2.75) is 32.8 Å². The number of aliphatic hydroxyl groups is 1. The maximum absolute atomic E-state index is 11.7. The van der Waals surface area contributed by atoms with Gasteiger partial charge in [-0.05, 0) is 24.5 Å². The monoisotopic (exact) mass is 266 g/mol. The molecule has 2 rings (SSSR count).